The second-order valence-electron chi connectivity index (χ2n) is 5.06. The summed E-state index contributed by atoms with van der Waals surface area (Å²) in [6, 6.07) is 6.75. The SMILES string of the molecule is CCOC(=O)Cc1csc(SCC(=O)c2ccc(NC(C)=O)cc2)n1. The Labute approximate surface area is 154 Å². The number of hydrogen-bond donors (Lipinski definition) is 1. The number of nitrogens with one attached hydrogen (secondary N) is 1. The molecule has 1 amide bonds. The maximum Gasteiger partial charge on any atom is 0.311 e. The molecule has 2 rings (SSSR count). The van der Waals surface area contributed by atoms with Crippen LogP contribution in [0.4, 0.5) is 5.69 Å². The maximum absolute atomic E-state index is 12.2. The van der Waals surface area contributed by atoms with E-state index in [-0.39, 0.29) is 29.8 Å². The van der Waals surface area contributed by atoms with Crippen LogP contribution in [-0.4, -0.2) is 35.0 Å². The largest absolute Gasteiger partial charge is 0.466 e. The lowest BCUT2D eigenvalue weighted by Gasteiger charge is -2.03. The quantitative estimate of drug-likeness (QED) is 0.431. The van der Waals surface area contributed by atoms with Gasteiger partial charge in [0.1, 0.15) is 0 Å². The summed E-state index contributed by atoms with van der Waals surface area (Å²) >= 11 is 2.74. The summed E-state index contributed by atoms with van der Waals surface area (Å²) in [6.45, 7) is 3.54. The van der Waals surface area contributed by atoms with Gasteiger partial charge in [-0.3, -0.25) is 14.4 Å². The van der Waals surface area contributed by atoms with Crippen molar-refractivity contribution < 1.29 is 19.1 Å². The van der Waals surface area contributed by atoms with E-state index < -0.39 is 0 Å². The minimum Gasteiger partial charge on any atom is -0.466 e. The number of thiazole rings is 1. The fourth-order valence-electron chi connectivity index (χ4n) is 1.95. The van der Waals surface area contributed by atoms with Gasteiger partial charge >= 0.3 is 5.97 Å². The van der Waals surface area contributed by atoms with E-state index in [4.69, 9.17) is 4.74 Å². The zero-order valence-electron chi connectivity index (χ0n) is 13.9. The van der Waals surface area contributed by atoms with Crippen LogP contribution in [0.15, 0.2) is 34.0 Å². The van der Waals surface area contributed by atoms with E-state index in [0.29, 0.717) is 23.6 Å². The summed E-state index contributed by atoms with van der Waals surface area (Å²) in [5, 5.41) is 4.45. The third-order valence-electron chi connectivity index (χ3n) is 3.02. The molecule has 0 aliphatic carbocycles. The van der Waals surface area contributed by atoms with Gasteiger partial charge < -0.3 is 10.1 Å². The number of hydrogen-bond acceptors (Lipinski definition) is 7. The van der Waals surface area contributed by atoms with Gasteiger partial charge in [-0.25, -0.2) is 4.98 Å². The molecule has 0 unspecified atom stereocenters. The van der Waals surface area contributed by atoms with Crippen LogP contribution in [0.5, 0.6) is 0 Å². The van der Waals surface area contributed by atoms with Crippen LogP contribution in [0, 0.1) is 0 Å². The minimum absolute atomic E-state index is 0.0264. The van der Waals surface area contributed by atoms with Gasteiger partial charge in [0, 0.05) is 23.6 Å². The number of esters is 1. The Balaban J connectivity index is 1.86. The number of ketones is 1. The average molecular weight is 378 g/mol. The first-order chi connectivity index (χ1) is 12.0. The molecule has 0 bridgehead atoms. The second-order valence-corrected chi connectivity index (χ2v) is 7.14. The average Bonchev–Trinajstić information content (AvgIpc) is 3.00. The van der Waals surface area contributed by atoms with Crippen molar-refractivity contribution in [3.63, 3.8) is 0 Å². The van der Waals surface area contributed by atoms with Gasteiger partial charge in [0.2, 0.25) is 5.91 Å². The molecular formula is C17H18N2O4S2. The standard InChI is InChI=1S/C17H18N2O4S2/c1-3-23-16(22)8-14-9-24-17(19-14)25-10-15(21)12-4-6-13(7-5-12)18-11(2)20/h4-7,9H,3,8,10H2,1-2H3,(H,18,20). The van der Waals surface area contributed by atoms with E-state index in [0.717, 1.165) is 4.34 Å². The van der Waals surface area contributed by atoms with Gasteiger partial charge in [0.15, 0.2) is 10.1 Å². The van der Waals surface area contributed by atoms with Crippen LogP contribution in [-0.2, 0) is 20.7 Å². The van der Waals surface area contributed by atoms with Crippen LogP contribution < -0.4 is 5.32 Å². The molecule has 0 aliphatic rings. The lowest BCUT2D eigenvalue weighted by molar-refractivity contribution is -0.142. The van der Waals surface area contributed by atoms with Crippen LogP contribution in [0.1, 0.15) is 29.9 Å². The van der Waals surface area contributed by atoms with Crippen molar-refractivity contribution in [2.75, 3.05) is 17.7 Å². The third kappa shape index (κ3) is 6.32. The van der Waals surface area contributed by atoms with E-state index in [2.05, 4.69) is 10.3 Å². The van der Waals surface area contributed by atoms with Gasteiger partial charge in [-0.15, -0.1) is 11.3 Å². The van der Waals surface area contributed by atoms with E-state index in [9.17, 15) is 14.4 Å². The molecular weight excluding hydrogens is 360 g/mol. The molecule has 6 nitrogen and oxygen atoms in total. The molecule has 132 valence electrons. The van der Waals surface area contributed by atoms with Gasteiger partial charge in [-0.2, -0.15) is 0 Å². The van der Waals surface area contributed by atoms with Crippen molar-refractivity contribution in [2.45, 2.75) is 24.6 Å². The summed E-state index contributed by atoms with van der Waals surface area (Å²) in [6.07, 6.45) is 0.142. The first-order valence-corrected chi connectivity index (χ1v) is 9.48. The summed E-state index contributed by atoms with van der Waals surface area (Å²) in [4.78, 5) is 38.9. The van der Waals surface area contributed by atoms with Gasteiger partial charge in [-0.1, -0.05) is 11.8 Å². The highest BCUT2D eigenvalue weighted by Gasteiger charge is 2.11. The molecule has 0 spiro atoms. The summed E-state index contributed by atoms with van der Waals surface area (Å²) in [5.74, 6) is -0.232. The number of rotatable bonds is 8. The van der Waals surface area contributed by atoms with Crippen LogP contribution >= 0.6 is 23.1 Å². The predicted octanol–water partition coefficient (Wildman–Crippen LogP) is 3.18. The zero-order valence-corrected chi connectivity index (χ0v) is 15.5. The summed E-state index contributed by atoms with van der Waals surface area (Å²) < 4.78 is 5.62. The fourth-order valence-corrected chi connectivity index (χ4v) is 3.69. The van der Waals surface area contributed by atoms with Crippen molar-refractivity contribution in [3.05, 3.63) is 40.9 Å². The fraction of sp³-hybridized carbons (Fsp3) is 0.294. The molecule has 2 aromatic rings. The van der Waals surface area contributed by atoms with Crippen molar-refractivity contribution >= 4 is 46.4 Å². The molecule has 1 heterocycles. The Kier molecular flexibility index (Phi) is 7.15. The van der Waals surface area contributed by atoms with Gasteiger partial charge in [0.05, 0.1) is 24.5 Å². The molecule has 0 fully saturated rings. The number of carbonyl (C=O) groups is 3. The Hall–Kier alpha value is -2.19. The molecule has 0 radical (unpaired) electrons. The van der Waals surface area contributed by atoms with Crippen molar-refractivity contribution in [3.8, 4) is 0 Å². The third-order valence-corrected chi connectivity index (χ3v) is 5.09. The molecule has 1 aromatic heterocycles. The Morgan fingerprint density at radius 3 is 2.60 bits per heavy atom. The lowest BCUT2D eigenvalue weighted by Crippen LogP contribution is -2.07. The summed E-state index contributed by atoms with van der Waals surface area (Å²) in [5.41, 5.74) is 1.88. The van der Waals surface area contributed by atoms with Crippen LogP contribution in [0.25, 0.3) is 0 Å². The Morgan fingerprint density at radius 1 is 1.24 bits per heavy atom. The highest BCUT2D eigenvalue weighted by molar-refractivity contribution is 8.01. The lowest BCUT2D eigenvalue weighted by atomic mass is 10.1. The van der Waals surface area contributed by atoms with E-state index >= 15 is 0 Å². The molecule has 1 N–H and O–H groups in total. The van der Waals surface area contributed by atoms with E-state index in [1.165, 1.54) is 30.0 Å². The van der Waals surface area contributed by atoms with E-state index in [1.54, 1.807) is 36.6 Å². The van der Waals surface area contributed by atoms with Crippen LogP contribution in [0.3, 0.4) is 0 Å². The molecule has 0 saturated heterocycles. The number of carbonyl (C=O) groups excluding carboxylic acids is 3. The van der Waals surface area contributed by atoms with Crippen molar-refractivity contribution in [2.24, 2.45) is 0 Å². The second kappa shape index (κ2) is 9.33. The number of amides is 1. The highest BCUT2D eigenvalue weighted by Crippen LogP contribution is 2.24. The number of Topliss-reactive ketones (excluding diaryl/α,β-unsaturated/α-hetero) is 1. The molecule has 25 heavy (non-hydrogen) atoms. The summed E-state index contributed by atoms with van der Waals surface area (Å²) in [7, 11) is 0. The van der Waals surface area contributed by atoms with Crippen LogP contribution in [0.2, 0.25) is 0 Å². The van der Waals surface area contributed by atoms with Gasteiger partial charge in [-0.05, 0) is 31.2 Å². The monoisotopic (exact) mass is 378 g/mol. The Bertz CT molecular complexity index is 756. The normalized spacial score (nSPS) is 10.3. The molecule has 1 aromatic carbocycles. The Morgan fingerprint density at radius 2 is 1.96 bits per heavy atom. The predicted molar refractivity (Wildman–Crippen MR) is 98.3 cm³/mol. The first-order valence-electron chi connectivity index (χ1n) is 7.61. The van der Waals surface area contributed by atoms with E-state index in [1.807, 2.05) is 0 Å². The highest BCUT2D eigenvalue weighted by atomic mass is 32.2. The van der Waals surface area contributed by atoms with Crippen molar-refractivity contribution in [1.29, 1.82) is 0 Å². The number of thioether (sulfide) groups is 1. The molecule has 0 aliphatic heterocycles. The molecule has 0 atom stereocenters. The number of aromatic nitrogens is 1. The first kappa shape index (κ1) is 19.1. The smallest absolute Gasteiger partial charge is 0.311 e. The zero-order chi connectivity index (χ0) is 18.2. The van der Waals surface area contributed by atoms with Gasteiger partial charge in [0.25, 0.3) is 0 Å². The minimum atomic E-state index is -0.306. The van der Waals surface area contributed by atoms with Crippen molar-refractivity contribution in [1.82, 2.24) is 4.98 Å². The number of nitrogens with zero attached hydrogens (tertiary/aromatic N) is 1. The molecule has 8 heteroatoms. The maximum atomic E-state index is 12.2. The number of ether oxygens (including phenoxy) is 1. The number of benzene rings is 1. The molecule has 0 saturated carbocycles. The topological polar surface area (TPSA) is 85.4 Å². The number of anilines is 1.